The molecule has 4 rings (SSSR count). The Kier molecular flexibility index (Phi) is 5.47. The number of hydrogen-bond acceptors (Lipinski definition) is 8. The van der Waals surface area contributed by atoms with Crippen LogP contribution in [0.4, 0.5) is 16.2 Å². The largest absolute Gasteiger partial charge is 0.513 e. The number of nitrogens with zero attached hydrogens (tertiary/aromatic N) is 1. The number of pyridine rings is 1. The highest BCUT2D eigenvalue weighted by Crippen LogP contribution is 2.32. The number of ether oxygens (including phenoxy) is 2. The Balaban J connectivity index is 1.76. The molecule has 0 fully saturated rings. The van der Waals surface area contributed by atoms with Gasteiger partial charge in [0.05, 0.1) is 21.8 Å². The highest BCUT2D eigenvalue weighted by Gasteiger charge is 2.19. The fourth-order valence-electron chi connectivity index (χ4n) is 3.24. The van der Waals surface area contributed by atoms with Crippen molar-refractivity contribution in [3.63, 3.8) is 0 Å². The third-order valence-corrected chi connectivity index (χ3v) is 6.07. The van der Waals surface area contributed by atoms with Gasteiger partial charge in [-0.05, 0) is 37.3 Å². The van der Waals surface area contributed by atoms with Gasteiger partial charge in [0.1, 0.15) is 5.52 Å². The van der Waals surface area contributed by atoms with E-state index in [9.17, 15) is 28.1 Å². The van der Waals surface area contributed by atoms with E-state index in [0.717, 1.165) is 24.3 Å². The number of carbonyl (C=O) groups is 1. The molecule has 2 aromatic heterocycles. The maximum atomic E-state index is 12.7. The predicted octanol–water partition coefficient (Wildman–Crippen LogP) is 3.25. The summed E-state index contributed by atoms with van der Waals surface area (Å²) in [6.45, 7) is 1.71. The summed E-state index contributed by atoms with van der Waals surface area (Å²) in [6, 6.07) is 8.80. The zero-order valence-corrected chi connectivity index (χ0v) is 17.8. The van der Waals surface area contributed by atoms with Crippen LogP contribution in [-0.4, -0.2) is 36.1 Å². The van der Waals surface area contributed by atoms with E-state index in [1.54, 1.807) is 6.92 Å². The van der Waals surface area contributed by atoms with Gasteiger partial charge in [-0.1, -0.05) is 0 Å². The summed E-state index contributed by atoms with van der Waals surface area (Å²) in [5.74, 6) is 0.0370. The van der Waals surface area contributed by atoms with Crippen molar-refractivity contribution in [2.45, 2.75) is 11.8 Å². The number of rotatable bonds is 6. The summed E-state index contributed by atoms with van der Waals surface area (Å²) in [4.78, 5) is 39.5. The lowest BCUT2D eigenvalue weighted by Gasteiger charge is -2.10. The molecular weight excluding hydrogens is 456 g/mol. The fourth-order valence-corrected chi connectivity index (χ4v) is 4.29. The van der Waals surface area contributed by atoms with Gasteiger partial charge in [0.2, 0.25) is 0 Å². The lowest BCUT2D eigenvalue weighted by Crippen LogP contribution is -2.13. The van der Waals surface area contributed by atoms with Crippen LogP contribution in [-0.2, 0) is 14.8 Å². The minimum atomic E-state index is -4.07. The van der Waals surface area contributed by atoms with Gasteiger partial charge in [0.15, 0.2) is 5.75 Å². The second kappa shape index (κ2) is 8.27. The summed E-state index contributed by atoms with van der Waals surface area (Å²) in [7, 11) is -4.07. The number of anilines is 1. The van der Waals surface area contributed by atoms with E-state index in [1.807, 2.05) is 0 Å². The Morgan fingerprint density at radius 3 is 2.58 bits per heavy atom. The number of benzene rings is 2. The van der Waals surface area contributed by atoms with Crippen molar-refractivity contribution in [1.29, 1.82) is 0 Å². The van der Waals surface area contributed by atoms with Crippen molar-refractivity contribution >= 4 is 49.4 Å². The highest BCUT2D eigenvalue weighted by molar-refractivity contribution is 7.92. The number of hydrogen-bond donors (Lipinski definition) is 3. The molecular formula is C20H16N4O8S. The van der Waals surface area contributed by atoms with Gasteiger partial charge >= 0.3 is 6.16 Å². The van der Waals surface area contributed by atoms with E-state index in [4.69, 9.17) is 9.47 Å². The monoisotopic (exact) mass is 472 g/mol. The maximum Gasteiger partial charge on any atom is 0.513 e. The highest BCUT2D eigenvalue weighted by atomic mass is 32.2. The van der Waals surface area contributed by atoms with Crippen molar-refractivity contribution in [2.75, 3.05) is 11.3 Å². The minimum Gasteiger partial charge on any atom is -0.434 e. The van der Waals surface area contributed by atoms with Crippen LogP contribution in [0.2, 0.25) is 0 Å². The van der Waals surface area contributed by atoms with E-state index in [0.29, 0.717) is 10.9 Å². The SMILES string of the molecule is CCOC(=O)Oc1c[nH]c2c(=O)[nH]c3ccc(NS(=O)(=O)c4ccc([N+](=O)[O-])cc4)cc3c12. The molecule has 0 radical (unpaired) electrons. The van der Waals surface area contributed by atoms with E-state index in [-0.39, 0.29) is 39.5 Å². The molecule has 0 amide bonds. The van der Waals surface area contributed by atoms with Crippen molar-refractivity contribution in [1.82, 2.24) is 9.97 Å². The molecule has 0 saturated heterocycles. The number of nitro groups is 1. The molecule has 3 N–H and O–H groups in total. The molecule has 170 valence electrons. The molecule has 4 aromatic rings. The van der Waals surface area contributed by atoms with E-state index < -0.39 is 26.7 Å². The van der Waals surface area contributed by atoms with Crippen LogP contribution >= 0.6 is 0 Å². The number of fused-ring (bicyclic) bond motifs is 3. The van der Waals surface area contributed by atoms with Crippen LogP contribution in [0.25, 0.3) is 21.8 Å². The second-order valence-corrected chi connectivity index (χ2v) is 8.44. The first kappa shape index (κ1) is 21.8. The first-order chi connectivity index (χ1) is 15.7. The lowest BCUT2D eigenvalue weighted by molar-refractivity contribution is -0.384. The second-order valence-electron chi connectivity index (χ2n) is 6.76. The van der Waals surface area contributed by atoms with Gasteiger partial charge in [-0.3, -0.25) is 19.6 Å². The van der Waals surface area contributed by atoms with E-state index >= 15 is 0 Å². The summed E-state index contributed by atoms with van der Waals surface area (Å²) in [5.41, 5.74) is -0.0586. The normalized spacial score (nSPS) is 11.4. The van der Waals surface area contributed by atoms with Crippen LogP contribution in [0.3, 0.4) is 0 Å². The molecule has 0 atom stereocenters. The van der Waals surface area contributed by atoms with Crippen molar-refractivity contribution in [3.8, 4) is 5.75 Å². The average Bonchev–Trinajstić information content (AvgIpc) is 3.19. The number of non-ortho nitro benzene ring substituents is 1. The zero-order chi connectivity index (χ0) is 23.8. The molecule has 2 aromatic carbocycles. The molecule has 0 bridgehead atoms. The molecule has 2 heterocycles. The number of aromatic amines is 2. The average molecular weight is 472 g/mol. The van der Waals surface area contributed by atoms with Gasteiger partial charge in [0.25, 0.3) is 21.3 Å². The van der Waals surface area contributed by atoms with Gasteiger partial charge < -0.3 is 19.4 Å². The van der Waals surface area contributed by atoms with Crippen molar-refractivity contribution in [2.24, 2.45) is 0 Å². The van der Waals surface area contributed by atoms with Gasteiger partial charge in [-0.2, -0.15) is 0 Å². The first-order valence-electron chi connectivity index (χ1n) is 9.48. The topological polar surface area (TPSA) is 173 Å². The summed E-state index contributed by atoms with van der Waals surface area (Å²) >= 11 is 0. The fraction of sp³-hybridized carbons (Fsp3) is 0.100. The Labute approximate surface area is 185 Å². The number of nitro benzene ring substituents is 1. The molecule has 33 heavy (non-hydrogen) atoms. The number of nitrogens with one attached hydrogen (secondary N) is 3. The molecule has 13 heteroatoms. The van der Waals surface area contributed by atoms with Gasteiger partial charge in [-0.15, -0.1) is 0 Å². The number of sulfonamides is 1. The summed E-state index contributed by atoms with van der Waals surface area (Å²) in [6.07, 6.45) is 0.367. The quantitative estimate of drug-likeness (QED) is 0.218. The smallest absolute Gasteiger partial charge is 0.434 e. The van der Waals surface area contributed by atoms with E-state index in [1.165, 1.54) is 24.4 Å². The molecule has 0 unspecified atom stereocenters. The Hall–Kier alpha value is -4.39. The Morgan fingerprint density at radius 1 is 1.18 bits per heavy atom. The molecule has 0 spiro atoms. The number of H-pyrrole nitrogens is 2. The Morgan fingerprint density at radius 2 is 1.91 bits per heavy atom. The van der Waals surface area contributed by atoms with Crippen molar-refractivity contribution in [3.05, 3.63) is 69.1 Å². The predicted molar refractivity (Wildman–Crippen MR) is 118 cm³/mol. The van der Waals surface area contributed by atoms with Gasteiger partial charge in [0, 0.05) is 34.9 Å². The Bertz CT molecular complexity index is 1560. The van der Waals surface area contributed by atoms with Crippen LogP contribution < -0.4 is 15.0 Å². The third-order valence-electron chi connectivity index (χ3n) is 4.67. The standard InChI is InChI=1S/C20H16N4O8S/c1-2-31-20(26)32-16-10-21-18-17(16)14-9-11(3-8-15(14)22-19(18)25)23-33(29,30)13-6-4-12(5-7-13)24(27)28/h3-10,21,23H,2H2,1H3,(H,22,25). The van der Waals surface area contributed by atoms with Crippen LogP contribution in [0.15, 0.2) is 58.4 Å². The van der Waals surface area contributed by atoms with Crippen LogP contribution in [0.1, 0.15) is 6.92 Å². The van der Waals surface area contributed by atoms with Crippen LogP contribution in [0, 0.1) is 10.1 Å². The maximum absolute atomic E-state index is 12.7. The molecule has 0 aliphatic rings. The van der Waals surface area contributed by atoms with Gasteiger partial charge in [-0.25, -0.2) is 13.2 Å². The number of aromatic nitrogens is 2. The number of carbonyl (C=O) groups excluding carboxylic acids is 1. The molecule has 0 aliphatic carbocycles. The van der Waals surface area contributed by atoms with Crippen molar-refractivity contribution < 1.29 is 27.6 Å². The molecule has 0 saturated carbocycles. The zero-order valence-electron chi connectivity index (χ0n) is 16.9. The van der Waals surface area contributed by atoms with E-state index in [2.05, 4.69) is 14.7 Å². The first-order valence-corrected chi connectivity index (χ1v) is 11.0. The minimum absolute atomic E-state index is 0.0370. The molecule has 0 aliphatic heterocycles. The molecule has 12 nitrogen and oxygen atoms in total. The third kappa shape index (κ3) is 4.21. The summed E-state index contributed by atoms with van der Waals surface area (Å²) in [5, 5.41) is 11.5. The lowest BCUT2D eigenvalue weighted by atomic mass is 10.1. The summed E-state index contributed by atoms with van der Waals surface area (Å²) < 4.78 is 37.8. The van der Waals surface area contributed by atoms with Crippen LogP contribution in [0.5, 0.6) is 5.75 Å².